The summed E-state index contributed by atoms with van der Waals surface area (Å²) in [6.07, 6.45) is 7.23. The van der Waals surface area contributed by atoms with Gasteiger partial charge in [0.2, 0.25) is 0 Å². The third-order valence-electron chi connectivity index (χ3n) is 3.06. The molecule has 5 nitrogen and oxygen atoms in total. The molecule has 0 aliphatic heterocycles. The number of hydrogen-bond donors (Lipinski definition) is 2. The summed E-state index contributed by atoms with van der Waals surface area (Å²) in [4.78, 5) is 10.5. The predicted molar refractivity (Wildman–Crippen MR) is 63.7 cm³/mol. The fourth-order valence-corrected chi connectivity index (χ4v) is 1.81. The first-order valence-electron chi connectivity index (χ1n) is 5.54. The van der Waals surface area contributed by atoms with Crippen LogP contribution in [0.25, 0.3) is 0 Å². The molecule has 86 valence electrons. The second-order valence-electron chi connectivity index (χ2n) is 4.35. The zero-order valence-electron chi connectivity index (χ0n) is 9.48. The van der Waals surface area contributed by atoms with Gasteiger partial charge >= 0.3 is 0 Å². The summed E-state index contributed by atoms with van der Waals surface area (Å²) in [6.45, 7) is 1.04. The minimum Gasteiger partial charge on any atom is -0.382 e. The molecule has 0 atom stereocenters. The van der Waals surface area contributed by atoms with Gasteiger partial charge in [-0.25, -0.2) is 9.97 Å². The summed E-state index contributed by atoms with van der Waals surface area (Å²) in [7, 11) is 2.02. The van der Waals surface area contributed by atoms with Crippen LogP contribution < -0.4 is 10.6 Å². The van der Waals surface area contributed by atoms with E-state index in [1.54, 1.807) is 12.4 Å². The molecule has 0 saturated heterocycles. The van der Waals surface area contributed by atoms with Gasteiger partial charge in [0.25, 0.3) is 0 Å². The maximum Gasteiger partial charge on any atom is 0.146 e. The summed E-state index contributed by atoms with van der Waals surface area (Å²) >= 11 is 0. The lowest BCUT2D eigenvalue weighted by molar-refractivity contribution is 0.321. The molecule has 1 saturated carbocycles. The van der Waals surface area contributed by atoms with Crippen molar-refractivity contribution in [3.8, 4) is 0 Å². The van der Waals surface area contributed by atoms with Crippen LogP contribution in [0.15, 0.2) is 12.4 Å². The van der Waals surface area contributed by atoms with Gasteiger partial charge < -0.3 is 10.6 Å². The van der Waals surface area contributed by atoms with Gasteiger partial charge in [-0.2, -0.15) is 0 Å². The second kappa shape index (κ2) is 4.47. The van der Waals surface area contributed by atoms with E-state index < -0.39 is 0 Å². The van der Waals surface area contributed by atoms with Crippen LogP contribution >= 0.6 is 0 Å². The third-order valence-corrected chi connectivity index (χ3v) is 3.06. The van der Waals surface area contributed by atoms with Crippen LogP contribution in [0.2, 0.25) is 0 Å². The highest BCUT2D eigenvalue weighted by Crippen LogP contribution is 2.27. The predicted octanol–water partition coefficient (Wildman–Crippen LogP) is 0.997. The SMILES string of the molecule is CN(CC1CCC1)c1cnc(C(=N)N)cn1. The largest absolute Gasteiger partial charge is 0.382 e. The molecule has 0 aromatic carbocycles. The van der Waals surface area contributed by atoms with Gasteiger partial charge in [-0.1, -0.05) is 6.42 Å². The third kappa shape index (κ3) is 2.29. The van der Waals surface area contributed by atoms with Gasteiger partial charge in [0.15, 0.2) is 0 Å². The number of anilines is 1. The normalized spacial score (nSPS) is 15.6. The Morgan fingerprint density at radius 3 is 2.69 bits per heavy atom. The van der Waals surface area contributed by atoms with E-state index in [2.05, 4.69) is 14.9 Å². The van der Waals surface area contributed by atoms with Crippen LogP contribution in [-0.2, 0) is 0 Å². The molecule has 0 radical (unpaired) electrons. The van der Waals surface area contributed by atoms with E-state index in [0.29, 0.717) is 5.69 Å². The van der Waals surface area contributed by atoms with E-state index in [1.807, 2.05) is 7.05 Å². The van der Waals surface area contributed by atoms with Gasteiger partial charge in [0.1, 0.15) is 17.3 Å². The van der Waals surface area contributed by atoms with Crippen molar-refractivity contribution in [2.24, 2.45) is 11.7 Å². The van der Waals surface area contributed by atoms with Crippen LogP contribution in [0.3, 0.4) is 0 Å². The molecule has 1 heterocycles. The van der Waals surface area contributed by atoms with E-state index in [1.165, 1.54) is 19.3 Å². The highest BCUT2D eigenvalue weighted by Gasteiger charge is 2.19. The summed E-state index contributed by atoms with van der Waals surface area (Å²) < 4.78 is 0. The lowest BCUT2D eigenvalue weighted by Crippen LogP contribution is -2.30. The number of amidine groups is 1. The minimum atomic E-state index is -0.0410. The summed E-state index contributed by atoms with van der Waals surface area (Å²) in [5, 5.41) is 7.23. The molecular formula is C11H17N5. The van der Waals surface area contributed by atoms with Crippen molar-refractivity contribution in [2.45, 2.75) is 19.3 Å². The average Bonchev–Trinajstić information content (AvgIpc) is 2.23. The molecule has 2 rings (SSSR count). The van der Waals surface area contributed by atoms with Crippen molar-refractivity contribution >= 4 is 11.7 Å². The van der Waals surface area contributed by atoms with Crippen LogP contribution in [-0.4, -0.2) is 29.4 Å². The first-order chi connectivity index (χ1) is 7.66. The topological polar surface area (TPSA) is 78.9 Å². The zero-order valence-corrected chi connectivity index (χ0v) is 9.48. The van der Waals surface area contributed by atoms with Crippen LogP contribution in [0.5, 0.6) is 0 Å². The van der Waals surface area contributed by atoms with Crippen molar-refractivity contribution in [3.63, 3.8) is 0 Å². The lowest BCUT2D eigenvalue weighted by Gasteiger charge is -2.30. The molecule has 0 amide bonds. The molecule has 0 unspecified atom stereocenters. The van der Waals surface area contributed by atoms with E-state index in [4.69, 9.17) is 11.1 Å². The molecular weight excluding hydrogens is 202 g/mol. The molecule has 1 aliphatic carbocycles. The minimum absolute atomic E-state index is 0.0410. The summed E-state index contributed by atoms with van der Waals surface area (Å²) in [5.74, 6) is 1.61. The molecule has 16 heavy (non-hydrogen) atoms. The molecule has 1 fully saturated rings. The Balaban J connectivity index is 1.99. The molecule has 5 heteroatoms. The Morgan fingerprint density at radius 1 is 1.50 bits per heavy atom. The first-order valence-corrected chi connectivity index (χ1v) is 5.54. The zero-order chi connectivity index (χ0) is 11.5. The van der Waals surface area contributed by atoms with Gasteiger partial charge in [-0.05, 0) is 18.8 Å². The maximum absolute atomic E-state index is 7.23. The number of hydrogen-bond acceptors (Lipinski definition) is 4. The van der Waals surface area contributed by atoms with E-state index in [-0.39, 0.29) is 5.84 Å². The average molecular weight is 219 g/mol. The van der Waals surface area contributed by atoms with Gasteiger partial charge in [0.05, 0.1) is 12.4 Å². The Labute approximate surface area is 95.2 Å². The van der Waals surface area contributed by atoms with Crippen molar-refractivity contribution in [2.75, 3.05) is 18.5 Å². The number of nitrogens with zero attached hydrogens (tertiary/aromatic N) is 3. The summed E-state index contributed by atoms with van der Waals surface area (Å²) in [6, 6.07) is 0. The number of nitrogen functional groups attached to an aromatic ring is 1. The van der Waals surface area contributed by atoms with E-state index >= 15 is 0 Å². The van der Waals surface area contributed by atoms with Crippen molar-refractivity contribution < 1.29 is 0 Å². The van der Waals surface area contributed by atoms with E-state index in [0.717, 1.165) is 18.3 Å². The molecule has 1 aliphatic rings. The number of nitrogens with two attached hydrogens (primary N) is 1. The monoisotopic (exact) mass is 219 g/mol. The van der Waals surface area contributed by atoms with Crippen LogP contribution in [0.1, 0.15) is 25.0 Å². The van der Waals surface area contributed by atoms with Gasteiger partial charge in [-0.15, -0.1) is 0 Å². The fraction of sp³-hybridized carbons (Fsp3) is 0.545. The maximum atomic E-state index is 7.23. The number of nitrogens with one attached hydrogen (secondary N) is 1. The van der Waals surface area contributed by atoms with Crippen molar-refractivity contribution in [1.82, 2.24) is 9.97 Å². The lowest BCUT2D eigenvalue weighted by atomic mass is 9.85. The highest BCUT2D eigenvalue weighted by molar-refractivity contribution is 5.92. The Kier molecular flexibility index (Phi) is 3.03. The Hall–Kier alpha value is -1.65. The second-order valence-corrected chi connectivity index (χ2v) is 4.35. The quantitative estimate of drug-likeness (QED) is 0.585. The molecule has 0 spiro atoms. The smallest absolute Gasteiger partial charge is 0.146 e. The number of rotatable bonds is 4. The van der Waals surface area contributed by atoms with Crippen molar-refractivity contribution in [1.29, 1.82) is 5.41 Å². The first kappa shape index (κ1) is 10.9. The highest BCUT2D eigenvalue weighted by atomic mass is 15.2. The van der Waals surface area contributed by atoms with Gasteiger partial charge in [0, 0.05) is 13.6 Å². The van der Waals surface area contributed by atoms with Crippen LogP contribution in [0.4, 0.5) is 5.82 Å². The van der Waals surface area contributed by atoms with Crippen LogP contribution in [0, 0.1) is 11.3 Å². The van der Waals surface area contributed by atoms with Gasteiger partial charge in [-0.3, -0.25) is 5.41 Å². The molecule has 3 N–H and O–H groups in total. The molecule has 0 bridgehead atoms. The number of aromatic nitrogens is 2. The molecule has 1 aromatic heterocycles. The van der Waals surface area contributed by atoms with E-state index in [9.17, 15) is 0 Å². The summed E-state index contributed by atoms with van der Waals surface area (Å²) in [5.41, 5.74) is 5.75. The van der Waals surface area contributed by atoms with Crippen molar-refractivity contribution in [3.05, 3.63) is 18.1 Å². The standard InChI is InChI=1S/C11H17N5/c1-16(7-8-3-2-4-8)10-6-14-9(5-15-10)11(12)13/h5-6,8H,2-4,7H2,1H3,(H3,12,13). The Morgan fingerprint density at radius 2 is 2.25 bits per heavy atom. The fourth-order valence-electron chi connectivity index (χ4n) is 1.81. The molecule has 1 aromatic rings. The Bertz CT molecular complexity index is 368.